The van der Waals surface area contributed by atoms with E-state index in [1.165, 1.54) is 25.6 Å². The number of carbonyl (C=O) groups excluding carboxylic acids is 1. The van der Waals surface area contributed by atoms with Crippen molar-refractivity contribution in [1.82, 2.24) is 25.3 Å². The number of nitrogens with zero attached hydrogens (tertiary/aromatic N) is 4. The Morgan fingerprint density at radius 2 is 2.14 bits per heavy atom. The van der Waals surface area contributed by atoms with Crippen LogP contribution in [0.2, 0.25) is 0 Å². The van der Waals surface area contributed by atoms with E-state index >= 15 is 0 Å². The van der Waals surface area contributed by atoms with E-state index in [-0.39, 0.29) is 6.03 Å². The van der Waals surface area contributed by atoms with Crippen molar-refractivity contribution >= 4 is 22.9 Å². The van der Waals surface area contributed by atoms with Crippen molar-refractivity contribution < 1.29 is 4.79 Å². The molecule has 0 spiro atoms. The third-order valence-electron chi connectivity index (χ3n) is 4.93. The Labute approximate surface area is 128 Å². The first-order chi connectivity index (χ1) is 10.7. The molecular formula is C15H20N6O. The van der Waals surface area contributed by atoms with E-state index in [1.54, 1.807) is 5.01 Å². The summed E-state index contributed by atoms with van der Waals surface area (Å²) in [7, 11) is 1.81. The van der Waals surface area contributed by atoms with Gasteiger partial charge >= 0.3 is 6.03 Å². The summed E-state index contributed by atoms with van der Waals surface area (Å²) in [6.07, 6.45) is 7.16. The van der Waals surface area contributed by atoms with Crippen LogP contribution in [0.25, 0.3) is 11.0 Å². The Morgan fingerprint density at radius 3 is 2.91 bits per heavy atom. The minimum Gasteiger partial charge on any atom is -0.346 e. The number of fused-ring (bicyclic) bond motifs is 2. The summed E-state index contributed by atoms with van der Waals surface area (Å²) in [5, 5.41) is 2.57. The fourth-order valence-electron chi connectivity index (χ4n) is 3.79. The molecule has 2 aromatic rings. The summed E-state index contributed by atoms with van der Waals surface area (Å²) >= 11 is 0. The molecule has 7 heteroatoms. The molecule has 2 amide bonds. The minimum absolute atomic E-state index is 0.0424. The predicted molar refractivity (Wildman–Crippen MR) is 83.2 cm³/mol. The molecule has 7 nitrogen and oxygen atoms in total. The van der Waals surface area contributed by atoms with Gasteiger partial charge in [-0.3, -0.25) is 5.01 Å². The van der Waals surface area contributed by atoms with Crippen LogP contribution in [0.15, 0.2) is 18.6 Å². The number of H-pyrrole nitrogens is 1. The zero-order valence-corrected chi connectivity index (χ0v) is 12.6. The summed E-state index contributed by atoms with van der Waals surface area (Å²) in [6, 6.07) is 1.87. The SMILES string of the molecule is CN(NC(=O)N1CC2CCCC2C1)c1ncnc2[nH]ccc12. The molecule has 3 heterocycles. The average Bonchev–Trinajstić information content (AvgIpc) is 3.21. The molecule has 1 saturated heterocycles. The molecule has 4 rings (SSSR count). The number of anilines is 1. The van der Waals surface area contributed by atoms with Crippen LogP contribution in [0, 0.1) is 11.8 Å². The van der Waals surface area contributed by atoms with E-state index in [1.807, 2.05) is 24.2 Å². The fraction of sp³-hybridized carbons (Fsp3) is 0.533. The molecule has 2 N–H and O–H groups in total. The van der Waals surface area contributed by atoms with Crippen molar-refractivity contribution in [1.29, 1.82) is 0 Å². The zero-order chi connectivity index (χ0) is 15.1. The number of hydrazine groups is 1. The number of aromatic nitrogens is 3. The van der Waals surface area contributed by atoms with Crippen LogP contribution in [0.4, 0.5) is 10.6 Å². The summed E-state index contributed by atoms with van der Waals surface area (Å²) in [4.78, 5) is 25.9. The first-order valence-corrected chi connectivity index (χ1v) is 7.80. The minimum atomic E-state index is -0.0424. The van der Waals surface area contributed by atoms with Crippen LogP contribution >= 0.6 is 0 Å². The highest BCUT2D eigenvalue weighted by Gasteiger charge is 2.38. The molecule has 1 aliphatic heterocycles. The van der Waals surface area contributed by atoms with Gasteiger partial charge in [0.1, 0.15) is 12.0 Å². The number of carbonyl (C=O) groups is 1. The maximum absolute atomic E-state index is 12.5. The number of urea groups is 1. The van der Waals surface area contributed by atoms with Crippen molar-refractivity contribution in [2.24, 2.45) is 11.8 Å². The van der Waals surface area contributed by atoms with Gasteiger partial charge in [0, 0.05) is 26.3 Å². The first-order valence-electron chi connectivity index (χ1n) is 7.80. The third kappa shape index (κ3) is 2.17. The molecule has 2 fully saturated rings. The van der Waals surface area contributed by atoms with Crippen molar-refractivity contribution in [3.63, 3.8) is 0 Å². The third-order valence-corrected chi connectivity index (χ3v) is 4.93. The second-order valence-electron chi connectivity index (χ2n) is 6.27. The Kier molecular flexibility index (Phi) is 3.13. The van der Waals surface area contributed by atoms with Gasteiger partial charge in [0.2, 0.25) is 0 Å². The predicted octanol–water partition coefficient (Wildman–Crippen LogP) is 1.75. The van der Waals surface area contributed by atoms with Crippen molar-refractivity contribution in [3.8, 4) is 0 Å². The van der Waals surface area contributed by atoms with Crippen LogP contribution in [0.5, 0.6) is 0 Å². The second-order valence-corrected chi connectivity index (χ2v) is 6.27. The van der Waals surface area contributed by atoms with Gasteiger partial charge in [-0.1, -0.05) is 6.42 Å². The Hall–Kier alpha value is -2.31. The summed E-state index contributed by atoms with van der Waals surface area (Å²) in [5.41, 5.74) is 3.69. The number of amides is 2. The zero-order valence-electron chi connectivity index (χ0n) is 12.6. The van der Waals surface area contributed by atoms with Gasteiger partial charge in [-0.15, -0.1) is 0 Å². The van der Waals surface area contributed by atoms with Crippen molar-refractivity contribution in [3.05, 3.63) is 18.6 Å². The lowest BCUT2D eigenvalue weighted by Crippen LogP contribution is -2.47. The molecular weight excluding hydrogens is 280 g/mol. The largest absolute Gasteiger partial charge is 0.346 e. The quantitative estimate of drug-likeness (QED) is 0.828. The molecule has 2 aromatic heterocycles. The van der Waals surface area contributed by atoms with E-state index < -0.39 is 0 Å². The number of hydrogen-bond acceptors (Lipinski definition) is 4. The molecule has 1 saturated carbocycles. The maximum Gasteiger partial charge on any atom is 0.336 e. The highest BCUT2D eigenvalue weighted by Crippen LogP contribution is 2.37. The van der Waals surface area contributed by atoms with Gasteiger partial charge in [-0.25, -0.2) is 20.2 Å². The topological polar surface area (TPSA) is 77.2 Å². The van der Waals surface area contributed by atoms with Gasteiger partial charge in [-0.05, 0) is 30.7 Å². The van der Waals surface area contributed by atoms with E-state index in [0.29, 0.717) is 17.7 Å². The highest BCUT2D eigenvalue weighted by molar-refractivity contribution is 5.88. The molecule has 0 aromatic carbocycles. The first kappa shape index (κ1) is 13.4. The Bertz CT molecular complexity index is 686. The van der Waals surface area contributed by atoms with E-state index in [2.05, 4.69) is 20.4 Å². The lowest BCUT2D eigenvalue weighted by atomic mass is 10.0. The van der Waals surface area contributed by atoms with E-state index in [4.69, 9.17) is 0 Å². The maximum atomic E-state index is 12.5. The standard InChI is InChI=1S/C15H20N6O/c1-20(14-12-5-6-16-13(12)17-9-18-14)19-15(22)21-7-10-3-2-4-11(10)8-21/h5-6,9-11H,2-4,7-8H2,1H3,(H,19,22)(H,16,17,18). The lowest BCUT2D eigenvalue weighted by Gasteiger charge is -2.24. The monoisotopic (exact) mass is 300 g/mol. The van der Waals surface area contributed by atoms with Gasteiger partial charge in [0.15, 0.2) is 5.82 Å². The summed E-state index contributed by atoms with van der Waals surface area (Å²) in [6.45, 7) is 1.77. The number of nitrogens with one attached hydrogen (secondary N) is 2. The molecule has 2 unspecified atom stereocenters. The number of rotatable bonds is 2. The molecule has 1 aliphatic carbocycles. The summed E-state index contributed by atoms with van der Waals surface area (Å²) in [5.74, 6) is 2.09. The van der Waals surface area contributed by atoms with Gasteiger partial charge < -0.3 is 9.88 Å². The molecule has 0 bridgehead atoms. The van der Waals surface area contributed by atoms with E-state index in [0.717, 1.165) is 24.1 Å². The van der Waals surface area contributed by atoms with Crippen LogP contribution in [0.1, 0.15) is 19.3 Å². The molecule has 0 radical (unpaired) electrons. The molecule has 2 atom stereocenters. The smallest absolute Gasteiger partial charge is 0.336 e. The molecule has 116 valence electrons. The van der Waals surface area contributed by atoms with Crippen molar-refractivity contribution in [2.75, 3.05) is 25.1 Å². The second kappa shape index (κ2) is 5.15. The van der Waals surface area contributed by atoms with Gasteiger partial charge in [0.25, 0.3) is 0 Å². The molecule has 22 heavy (non-hydrogen) atoms. The normalized spacial score (nSPS) is 23.8. The fourth-order valence-corrected chi connectivity index (χ4v) is 3.79. The number of aromatic amines is 1. The van der Waals surface area contributed by atoms with E-state index in [9.17, 15) is 4.79 Å². The number of likely N-dealkylation sites (tertiary alicyclic amines) is 1. The van der Waals surface area contributed by atoms with Crippen LogP contribution in [-0.4, -0.2) is 46.0 Å². The van der Waals surface area contributed by atoms with Crippen LogP contribution in [-0.2, 0) is 0 Å². The lowest BCUT2D eigenvalue weighted by molar-refractivity contribution is 0.204. The van der Waals surface area contributed by atoms with Gasteiger partial charge in [0.05, 0.1) is 5.39 Å². The Balaban J connectivity index is 1.46. The summed E-state index contributed by atoms with van der Waals surface area (Å²) < 4.78 is 0. The van der Waals surface area contributed by atoms with Gasteiger partial charge in [-0.2, -0.15) is 0 Å². The average molecular weight is 300 g/mol. The van der Waals surface area contributed by atoms with Crippen molar-refractivity contribution in [2.45, 2.75) is 19.3 Å². The number of hydrogen-bond donors (Lipinski definition) is 2. The van der Waals surface area contributed by atoms with Crippen LogP contribution in [0.3, 0.4) is 0 Å². The van der Waals surface area contributed by atoms with Crippen LogP contribution < -0.4 is 10.4 Å². The molecule has 2 aliphatic rings. The Morgan fingerprint density at radius 1 is 1.36 bits per heavy atom. The highest BCUT2D eigenvalue weighted by atomic mass is 16.2.